The molecule has 8 heteroatoms. The molecule has 128 valence electrons. The van der Waals surface area contributed by atoms with Crippen molar-refractivity contribution in [3.8, 4) is 16.4 Å². The molecule has 0 aliphatic rings. The van der Waals surface area contributed by atoms with Crippen molar-refractivity contribution >= 4 is 17.2 Å². The molecule has 0 spiro atoms. The second-order valence-corrected chi connectivity index (χ2v) is 6.30. The van der Waals surface area contributed by atoms with E-state index in [1.165, 1.54) is 0 Å². The van der Waals surface area contributed by atoms with E-state index in [4.69, 9.17) is 0 Å². The summed E-state index contributed by atoms with van der Waals surface area (Å²) in [5, 5.41) is 13.7. The summed E-state index contributed by atoms with van der Waals surface area (Å²) < 4.78 is 1.72. The number of nitrogens with one attached hydrogen (secondary N) is 1. The number of carbonyl (C=O) groups excluding carboxylic acids is 1. The summed E-state index contributed by atoms with van der Waals surface area (Å²) in [6.45, 7) is 0.340. The number of rotatable bonds is 5. The minimum absolute atomic E-state index is 0.257. The van der Waals surface area contributed by atoms with Crippen LogP contribution < -0.4 is 5.32 Å². The third-order valence-corrected chi connectivity index (χ3v) is 4.59. The maximum Gasteiger partial charge on any atom is 0.272 e. The average molecular weight is 362 g/mol. The summed E-state index contributed by atoms with van der Waals surface area (Å²) in [6, 6.07) is 13.3. The number of carbonyl (C=O) groups is 1. The predicted molar refractivity (Wildman–Crippen MR) is 97.9 cm³/mol. The Morgan fingerprint density at radius 1 is 1.12 bits per heavy atom. The summed E-state index contributed by atoms with van der Waals surface area (Å²) in [7, 11) is 0. The van der Waals surface area contributed by atoms with Gasteiger partial charge in [-0.2, -0.15) is 0 Å². The molecule has 0 radical (unpaired) electrons. The van der Waals surface area contributed by atoms with Gasteiger partial charge in [0.2, 0.25) is 0 Å². The molecule has 1 amide bonds. The highest BCUT2D eigenvalue weighted by molar-refractivity contribution is 7.13. The minimum Gasteiger partial charge on any atom is -0.345 e. The molecule has 26 heavy (non-hydrogen) atoms. The van der Waals surface area contributed by atoms with E-state index in [0.717, 1.165) is 16.3 Å². The molecule has 0 aliphatic carbocycles. The molecule has 0 unspecified atom stereocenters. The van der Waals surface area contributed by atoms with E-state index < -0.39 is 0 Å². The van der Waals surface area contributed by atoms with Gasteiger partial charge < -0.3 is 5.32 Å². The Hall–Kier alpha value is -3.39. The molecule has 3 aromatic heterocycles. The SMILES string of the molecule is O=C(NCc1csc(-c2ccccc2)n1)c1ccc(-n2ccnc2)nn1. The number of hydrogen-bond donors (Lipinski definition) is 1. The molecule has 0 aliphatic heterocycles. The summed E-state index contributed by atoms with van der Waals surface area (Å²) in [5.74, 6) is 0.315. The number of nitrogens with zero attached hydrogens (tertiary/aromatic N) is 5. The van der Waals surface area contributed by atoms with Crippen molar-refractivity contribution in [2.45, 2.75) is 6.54 Å². The molecule has 3 heterocycles. The first-order valence-corrected chi connectivity index (χ1v) is 8.77. The van der Waals surface area contributed by atoms with Crippen molar-refractivity contribution < 1.29 is 4.79 Å². The van der Waals surface area contributed by atoms with Gasteiger partial charge in [-0.3, -0.25) is 9.36 Å². The smallest absolute Gasteiger partial charge is 0.272 e. The van der Waals surface area contributed by atoms with Gasteiger partial charge in [-0.25, -0.2) is 9.97 Å². The Morgan fingerprint density at radius 3 is 2.73 bits per heavy atom. The fraction of sp³-hybridized carbons (Fsp3) is 0.0556. The van der Waals surface area contributed by atoms with E-state index in [-0.39, 0.29) is 11.6 Å². The largest absolute Gasteiger partial charge is 0.345 e. The highest BCUT2D eigenvalue weighted by atomic mass is 32.1. The first-order chi connectivity index (χ1) is 12.8. The van der Waals surface area contributed by atoms with E-state index in [1.54, 1.807) is 46.8 Å². The van der Waals surface area contributed by atoms with Crippen LogP contribution in [0.3, 0.4) is 0 Å². The molecule has 7 nitrogen and oxygen atoms in total. The van der Waals surface area contributed by atoms with Crippen LogP contribution >= 0.6 is 11.3 Å². The Kier molecular flexibility index (Phi) is 4.48. The molecule has 0 saturated carbocycles. The van der Waals surface area contributed by atoms with E-state index in [2.05, 4.69) is 25.5 Å². The van der Waals surface area contributed by atoms with E-state index in [9.17, 15) is 4.79 Å². The van der Waals surface area contributed by atoms with Gasteiger partial charge in [0.05, 0.1) is 12.2 Å². The lowest BCUT2D eigenvalue weighted by molar-refractivity contribution is 0.0944. The van der Waals surface area contributed by atoms with Crippen molar-refractivity contribution in [2.24, 2.45) is 0 Å². The molecule has 1 N–H and O–H groups in total. The van der Waals surface area contributed by atoms with Crippen molar-refractivity contribution in [1.29, 1.82) is 0 Å². The maximum atomic E-state index is 12.2. The van der Waals surface area contributed by atoms with Gasteiger partial charge in [0.1, 0.15) is 11.3 Å². The third-order valence-electron chi connectivity index (χ3n) is 3.65. The van der Waals surface area contributed by atoms with Gasteiger partial charge in [0.15, 0.2) is 11.5 Å². The molecule has 0 saturated heterocycles. The maximum absolute atomic E-state index is 12.2. The number of aromatic nitrogens is 5. The van der Waals surface area contributed by atoms with Crippen LogP contribution in [-0.4, -0.2) is 30.6 Å². The third kappa shape index (κ3) is 3.50. The fourth-order valence-electron chi connectivity index (χ4n) is 2.34. The van der Waals surface area contributed by atoms with Gasteiger partial charge in [0.25, 0.3) is 5.91 Å². The second-order valence-electron chi connectivity index (χ2n) is 5.44. The zero-order chi connectivity index (χ0) is 17.8. The minimum atomic E-state index is -0.288. The molecule has 0 fully saturated rings. The molecule has 0 atom stereocenters. The summed E-state index contributed by atoms with van der Waals surface area (Å²) in [6.07, 6.45) is 5.03. The second kappa shape index (κ2) is 7.24. The van der Waals surface area contributed by atoms with Gasteiger partial charge in [0, 0.05) is 23.3 Å². The standard InChI is InChI=1S/C18H14N6OS/c25-17(15-6-7-16(23-22-15)24-9-8-19-12-24)20-10-14-11-26-18(21-14)13-4-2-1-3-5-13/h1-9,11-12H,10H2,(H,20,25). The Bertz CT molecular complexity index is 996. The van der Waals surface area contributed by atoms with Crippen LogP contribution in [0.15, 0.2) is 66.6 Å². The van der Waals surface area contributed by atoms with Crippen LogP contribution in [0.1, 0.15) is 16.2 Å². The first kappa shape index (κ1) is 16.1. The van der Waals surface area contributed by atoms with Gasteiger partial charge in [-0.1, -0.05) is 30.3 Å². The molecule has 1 aromatic carbocycles. The lowest BCUT2D eigenvalue weighted by Gasteiger charge is -2.03. The zero-order valence-electron chi connectivity index (χ0n) is 13.6. The number of benzene rings is 1. The van der Waals surface area contributed by atoms with Gasteiger partial charge in [-0.15, -0.1) is 21.5 Å². The van der Waals surface area contributed by atoms with Crippen LogP contribution in [0, 0.1) is 0 Å². The highest BCUT2D eigenvalue weighted by Gasteiger charge is 2.10. The summed E-state index contributed by atoms with van der Waals surface area (Å²) in [5.41, 5.74) is 2.13. The fourth-order valence-corrected chi connectivity index (χ4v) is 3.17. The Labute approximate surface area is 153 Å². The van der Waals surface area contributed by atoms with Crippen LogP contribution in [0.2, 0.25) is 0 Å². The first-order valence-electron chi connectivity index (χ1n) is 7.90. The van der Waals surface area contributed by atoms with E-state index in [0.29, 0.717) is 12.4 Å². The van der Waals surface area contributed by atoms with Gasteiger partial charge in [-0.05, 0) is 12.1 Å². The summed E-state index contributed by atoms with van der Waals surface area (Å²) in [4.78, 5) is 20.7. The van der Waals surface area contributed by atoms with Crippen LogP contribution in [0.4, 0.5) is 0 Å². The zero-order valence-corrected chi connectivity index (χ0v) is 14.4. The predicted octanol–water partition coefficient (Wildman–Crippen LogP) is 2.72. The van der Waals surface area contributed by atoms with Crippen LogP contribution in [0.5, 0.6) is 0 Å². The number of hydrogen-bond acceptors (Lipinski definition) is 6. The lowest BCUT2D eigenvalue weighted by Crippen LogP contribution is -2.24. The molecule has 4 rings (SSSR count). The Balaban J connectivity index is 1.39. The summed E-state index contributed by atoms with van der Waals surface area (Å²) >= 11 is 1.55. The number of amides is 1. The average Bonchev–Trinajstić information content (AvgIpc) is 3.39. The topological polar surface area (TPSA) is 85.6 Å². The highest BCUT2D eigenvalue weighted by Crippen LogP contribution is 2.23. The van der Waals surface area contributed by atoms with Crippen molar-refractivity contribution in [3.63, 3.8) is 0 Å². The molecule has 4 aromatic rings. The number of thiazole rings is 1. The van der Waals surface area contributed by atoms with E-state index in [1.807, 2.05) is 35.7 Å². The van der Waals surface area contributed by atoms with E-state index >= 15 is 0 Å². The van der Waals surface area contributed by atoms with Crippen molar-refractivity contribution in [1.82, 2.24) is 30.0 Å². The van der Waals surface area contributed by atoms with Gasteiger partial charge >= 0.3 is 0 Å². The van der Waals surface area contributed by atoms with Crippen molar-refractivity contribution in [3.05, 3.63) is 78.0 Å². The normalized spacial score (nSPS) is 10.6. The monoisotopic (exact) mass is 362 g/mol. The lowest BCUT2D eigenvalue weighted by atomic mass is 10.2. The number of imidazole rings is 1. The quantitative estimate of drug-likeness (QED) is 0.590. The van der Waals surface area contributed by atoms with Crippen molar-refractivity contribution in [2.75, 3.05) is 0 Å². The van der Waals surface area contributed by atoms with Crippen LogP contribution in [0.25, 0.3) is 16.4 Å². The molecular formula is C18H14N6OS. The molecule has 0 bridgehead atoms. The van der Waals surface area contributed by atoms with Crippen LogP contribution in [-0.2, 0) is 6.54 Å². The molecular weight excluding hydrogens is 348 g/mol. The Morgan fingerprint density at radius 2 is 2.00 bits per heavy atom.